The van der Waals surface area contributed by atoms with Gasteiger partial charge in [-0.05, 0) is 18.8 Å². The molecular formula is C12H14N4O3. The first-order valence-corrected chi connectivity index (χ1v) is 6.25. The third-order valence-electron chi connectivity index (χ3n) is 3.54. The summed E-state index contributed by atoms with van der Waals surface area (Å²) < 4.78 is 4.95. The van der Waals surface area contributed by atoms with E-state index in [0.717, 1.165) is 25.9 Å². The topological polar surface area (TPSA) is 92.4 Å². The minimum atomic E-state index is -1.12. The number of fused-ring (bicyclic) bond motifs is 1. The average molecular weight is 262 g/mol. The zero-order valence-electron chi connectivity index (χ0n) is 10.5. The highest BCUT2D eigenvalue weighted by Crippen LogP contribution is 2.29. The fraction of sp³-hybridized carbons (Fsp3) is 0.500. The monoisotopic (exact) mass is 262 g/mol. The van der Waals surface area contributed by atoms with Crippen molar-refractivity contribution in [1.29, 1.82) is 0 Å². The highest BCUT2D eigenvalue weighted by molar-refractivity contribution is 6.03. The van der Waals surface area contributed by atoms with Crippen molar-refractivity contribution < 1.29 is 14.4 Å². The number of carbonyl (C=O) groups is 1. The van der Waals surface area contributed by atoms with Crippen LogP contribution in [0, 0.1) is 5.92 Å². The molecule has 0 aromatic carbocycles. The van der Waals surface area contributed by atoms with E-state index in [-0.39, 0.29) is 11.4 Å². The highest BCUT2D eigenvalue weighted by Gasteiger charge is 2.25. The van der Waals surface area contributed by atoms with Crippen molar-refractivity contribution in [3.05, 3.63) is 12.0 Å². The van der Waals surface area contributed by atoms with Crippen LogP contribution in [-0.4, -0.2) is 39.3 Å². The molecule has 1 aliphatic rings. The smallest absolute Gasteiger partial charge is 0.358 e. The summed E-state index contributed by atoms with van der Waals surface area (Å²) in [7, 11) is 0. The Labute approximate surface area is 109 Å². The summed E-state index contributed by atoms with van der Waals surface area (Å²) in [5.41, 5.74) is 0.102. The Morgan fingerprint density at radius 1 is 1.42 bits per heavy atom. The molecule has 2 aromatic heterocycles. The Morgan fingerprint density at radius 3 is 2.84 bits per heavy atom. The fourth-order valence-electron chi connectivity index (χ4n) is 2.38. The van der Waals surface area contributed by atoms with E-state index in [0.29, 0.717) is 17.1 Å². The van der Waals surface area contributed by atoms with E-state index < -0.39 is 5.97 Å². The van der Waals surface area contributed by atoms with Gasteiger partial charge in [-0.1, -0.05) is 12.1 Å². The molecule has 2 aromatic rings. The van der Waals surface area contributed by atoms with Crippen LogP contribution in [-0.2, 0) is 0 Å². The molecule has 3 heterocycles. The van der Waals surface area contributed by atoms with Crippen LogP contribution in [0.25, 0.3) is 11.1 Å². The van der Waals surface area contributed by atoms with Gasteiger partial charge < -0.3 is 14.5 Å². The maximum atomic E-state index is 11.2. The van der Waals surface area contributed by atoms with Crippen LogP contribution in [0.15, 0.2) is 10.9 Å². The van der Waals surface area contributed by atoms with E-state index in [1.165, 1.54) is 6.33 Å². The molecule has 1 N–H and O–H groups in total. The molecule has 0 unspecified atom stereocenters. The van der Waals surface area contributed by atoms with E-state index in [2.05, 4.69) is 26.9 Å². The van der Waals surface area contributed by atoms with Crippen molar-refractivity contribution in [2.24, 2.45) is 5.92 Å². The van der Waals surface area contributed by atoms with Crippen molar-refractivity contribution >= 4 is 22.9 Å². The third-order valence-corrected chi connectivity index (χ3v) is 3.54. The summed E-state index contributed by atoms with van der Waals surface area (Å²) in [6, 6.07) is 0. The number of aromatic nitrogens is 3. The molecule has 0 aliphatic carbocycles. The Morgan fingerprint density at radius 2 is 2.16 bits per heavy atom. The lowest BCUT2D eigenvalue weighted by molar-refractivity contribution is 0.0688. The van der Waals surface area contributed by atoms with Crippen LogP contribution in [0.1, 0.15) is 30.3 Å². The zero-order valence-corrected chi connectivity index (χ0v) is 10.5. The van der Waals surface area contributed by atoms with Gasteiger partial charge in [0, 0.05) is 13.1 Å². The van der Waals surface area contributed by atoms with Gasteiger partial charge in [-0.2, -0.15) is 4.98 Å². The molecule has 3 rings (SSSR count). The molecule has 0 radical (unpaired) electrons. The second-order valence-electron chi connectivity index (χ2n) is 4.88. The Balaban J connectivity index is 2.07. The maximum Gasteiger partial charge on any atom is 0.358 e. The number of rotatable bonds is 2. The number of aromatic carboxylic acids is 1. The summed E-state index contributed by atoms with van der Waals surface area (Å²) in [6.45, 7) is 3.93. The van der Waals surface area contributed by atoms with Crippen LogP contribution in [0.2, 0.25) is 0 Å². The third kappa shape index (κ3) is 2.00. The first-order valence-electron chi connectivity index (χ1n) is 6.25. The summed E-state index contributed by atoms with van der Waals surface area (Å²) in [6.07, 6.45) is 3.52. The van der Waals surface area contributed by atoms with E-state index in [4.69, 9.17) is 9.63 Å². The first kappa shape index (κ1) is 11.9. The molecule has 0 atom stereocenters. The Kier molecular flexibility index (Phi) is 2.81. The van der Waals surface area contributed by atoms with Crippen molar-refractivity contribution in [2.75, 3.05) is 18.0 Å². The second-order valence-corrected chi connectivity index (χ2v) is 4.88. The number of nitrogens with zero attached hydrogens (tertiary/aromatic N) is 4. The van der Waals surface area contributed by atoms with Gasteiger partial charge in [0.1, 0.15) is 17.5 Å². The lowest BCUT2D eigenvalue weighted by Gasteiger charge is -2.31. The van der Waals surface area contributed by atoms with Gasteiger partial charge >= 0.3 is 5.97 Å². The highest BCUT2D eigenvalue weighted by atomic mass is 16.5. The zero-order chi connectivity index (χ0) is 13.4. The molecule has 1 saturated heterocycles. The number of carboxylic acid groups (broad SMARTS) is 1. The standard InChI is InChI=1S/C12H14N4O3/c1-7-2-4-16(5-3-7)10-8-9(12(17)18)15-19-11(8)14-6-13-10/h6-7H,2-5H2,1H3,(H,17,18). The molecule has 0 amide bonds. The second kappa shape index (κ2) is 4.49. The van der Waals surface area contributed by atoms with Crippen LogP contribution < -0.4 is 4.90 Å². The summed E-state index contributed by atoms with van der Waals surface area (Å²) in [5.74, 6) is 0.172. The van der Waals surface area contributed by atoms with Crippen molar-refractivity contribution in [3.8, 4) is 0 Å². The van der Waals surface area contributed by atoms with Gasteiger partial charge in [0.15, 0.2) is 0 Å². The van der Waals surface area contributed by atoms with Gasteiger partial charge in [-0.3, -0.25) is 0 Å². The van der Waals surface area contributed by atoms with Crippen LogP contribution in [0.5, 0.6) is 0 Å². The number of anilines is 1. The molecule has 0 saturated carbocycles. The van der Waals surface area contributed by atoms with Crippen LogP contribution >= 0.6 is 0 Å². The van der Waals surface area contributed by atoms with E-state index in [1.54, 1.807) is 0 Å². The molecular weight excluding hydrogens is 248 g/mol. The van der Waals surface area contributed by atoms with Gasteiger partial charge in [0.2, 0.25) is 5.69 Å². The van der Waals surface area contributed by atoms with Gasteiger partial charge in [-0.25, -0.2) is 9.78 Å². The molecule has 7 nitrogen and oxygen atoms in total. The number of hydrogen-bond donors (Lipinski definition) is 1. The lowest BCUT2D eigenvalue weighted by Crippen LogP contribution is -2.33. The number of hydrogen-bond acceptors (Lipinski definition) is 6. The maximum absolute atomic E-state index is 11.2. The Hall–Kier alpha value is -2.18. The normalized spacial score (nSPS) is 17.0. The molecule has 100 valence electrons. The number of carboxylic acids is 1. The fourth-order valence-corrected chi connectivity index (χ4v) is 2.38. The lowest BCUT2D eigenvalue weighted by atomic mass is 9.99. The Bertz CT molecular complexity index is 616. The number of piperidine rings is 1. The van der Waals surface area contributed by atoms with Gasteiger partial charge in [0.25, 0.3) is 5.71 Å². The van der Waals surface area contributed by atoms with Gasteiger partial charge in [-0.15, -0.1) is 0 Å². The minimum Gasteiger partial charge on any atom is -0.476 e. The first-order chi connectivity index (χ1) is 9.16. The summed E-state index contributed by atoms with van der Waals surface area (Å²) in [5, 5.41) is 13.1. The van der Waals surface area contributed by atoms with E-state index in [1.807, 2.05) is 0 Å². The predicted molar refractivity (Wildman–Crippen MR) is 67.2 cm³/mol. The molecule has 1 aliphatic heterocycles. The summed E-state index contributed by atoms with van der Waals surface area (Å²) >= 11 is 0. The van der Waals surface area contributed by atoms with Crippen molar-refractivity contribution in [1.82, 2.24) is 15.1 Å². The summed E-state index contributed by atoms with van der Waals surface area (Å²) in [4.78, 5) is 21.4. The van der Waals surface area contributed by atoms with E-state index >= 15 is 0 Å². The molecule has 1 fully saturated rings. The van der Waals surface area contributed by atoms with Crippen molar-refractivity contribution in [3.63, 3.8) is 0 Å². The van der Waals surface area contributed by atoms with Crippen molar-refractivity contribution in [2.45, 2.75) is 19.8 Å². The van der Waals surface area contributed by atoms with Gasteiger partial charge in [0.05, 0.1) is 0 Å². The molecule has 7 heteroatoms. The average Bonchev–Trinajstić information content (AvgIpc) is 2.83. The largest absolute Gasteiger partial charge is 0.476 e. The molecule has 0 bridgehead atoms. The quantitative estimate of drug-likeness (QED) is 0.877. The SMILES string of the molecule is CC1CCN(c2ncnc3onc(C(=O)O)c23)CC1. The van der Waals surface area contributed by atoms with Crippen LogP contribution in [0.3, 0.4) is 0 Å². The predicted octanol–water partition coefficient (Wildman–Crippen LogP) is 1.55. The van der Waals surface area contributed by atoms with E-state index in [9.17, 15) is 4.79 Å². The molecule has 0 spiro atoms. The minimum absolute atomic E-state index is 0.121. The van der Waals surface area contributed by atoms with Crippen LogP contribution in [0.4, 0.5) is 5.82 Å². The molecule has 19 heavy (non-hydrogen) atoms.